The van der Waals surface area contributed by atoms with Gasteiger partial charge < -0.3 is 4.74 Å². The lowest BCUT2D eigenvalue weighted by Gasteiger charge is -2.08. The largest absolute Gasteiger partial charge is 0.481 e. The highest BCUT2D eigenvalue weighted by Crippen LogP contribution is 2.28. The topological polar surface area (TPSA) is 52.8 Å². The molecule has 23 heavy (non-hydrogen) atoms. The van der Waals surface area contributed by atoms with Gasteiger partial charge in [-0.1, -0.05) is 29.4 Å². The van der Waals surface area contributed by atoms with Gasteiger partial charge in [0.2, 0.25) is 5.88 Å². The van der Waals surface area contributed by atoms with Gasteiger partial charge >= 0.3 is 0 Å². The number of methoxy groups -OCH3 is 1. The Morgan fingerprint density at radius 2 is 2.17 bits per heavy atom. The maximum absolute atomic E-state index is 13.8. The first-order valence-corrected chi connectivity index (χ1v) is 8.01. The Morgan fingerprint density at radius 1 is 1.30 bits per heavy atom. The first-order valence-electron chi connectivity index (χ1n) is 6.65. The van der Waals surface area contributed by atoms with Crippen LogP contribution in [0.15, 0.2) is 48.0 Å². The van der Waals surface area contributed by atoms with Crippen LogP contribution in [-0.2, 0) is 5.75 Å². The number of thioether (sulfide) groups is 1. The predicted molar refractivity (Wildman–Crippen MR) is 86.7 cm³/mol. The van der Waals surface area contributed by atoms with Crippen LogP contribution in [0.3, 0.4) is 0 Å². The van der Waals surface area contributed by atoms with Crippen LogP contribution in [-0.4, -0.2) is 26.9 Å². The zero-order valence-electron chi connectivity index (χ0n) is 12.1. The summed E-state index contributed by atoms with van der Waals surface area (Å²) in [6.07, 6.45) is 3.23. The molecule has 0 amide bonds. The summed E-state index contributed by atoms with van der Waals surface area (Å²) in [5, 5.41) is 8.98. The third kappa shape index (κ3) is 3.46. The van der Waals surface area contributed by atoms with Crippen LogP contribution in [0.1, 0.15) is 5.56 Å². The fourth-order valence-electron chi connectivity index (χ4n) is 1.94. The van der Waals surface area contributed by atoms with Gasteiger partial charge in [-0.05, 0) is 18.2 Å². The fraction of sp³-hybridized carbons (Fsp3) is 0.133. The summed E-state index contributed by atoms with van der Waals surface area (Å²) >= 11 is 7.39. The van der Waals surface area contributed by atoms with Crippen molar-refractivity contribution in [1.82, 2.24) is 19.7 Å². The van der Waals surface area contributed by atoms with Crippen molar-refractivity contribution in [3.63, 3.8) is 0 Å². The number of benzene rings is 1. The minimum atomic E-state index is -0.331. The molecular formula is C15H12ClFN4OS. The van der Waals surface area contributed by atoms with Gasteiger partial charge in [0, 0.05) is 22.4 Å². The van der Waals surface area contributed by atoms with Crippen molar-refractivity contribution >= 4 is 23.4 Å². The van der Waals surface area contributed by atoms with Crippen molar-refractivity contribution in [3.8, 4) is 11.6 Å². The van der Waals surface area contributed by atoms with Crippen molar-refractivity contribution in [3.05, 3.63) is 59.3 Å². The Hall–Kier alpha value is -2.12. The van der Waals surface area contributed by atoms with Crippen molar-refractivity contribution in [1.29, 1.82) is 0 Å². The molecule has 0 atom stereocenters. The van der Waals surface area contributed by atoms with Gasteiger partial charge in [-0.3, -0.25) is 4.57 Å². The lowest BCUT2D eigenvalue weighted by atomic mass is 10.2. The molecule has 0 saturated carbocycles. The Bertz CT molecular complexity index is 789. The van der Waals surface area contributed by atoms with Crippen LogP contribution in [0.5, 0.6) is 5.88 Å². The molecule has 8 heteroatoms. The number of hydrogen-bond acceptors (Lipinski definition) is 5. The maximum Gasteiger partial charge on any atom is 0.213 e. The van der Waals surface area contributed by atoms with Crippen LogP contribution in [0.25, 0.3) is 5.69 Å². The van der Waals surface area contributed by atoms with Gasteiger partial charge in [-0.15, -0.1) is 10.2 Å². The zero-order chi connectivity index (χ0) is 16.2. The Morgan fingerprint density at radius 3 is 2.87 bits per heavy atom. The summed E-state index contributed by atoms with van der Waals surface area (Å²) in [6, 6.07) is 8.22. The molecule has 2 heterocycles. The van der Waals surface area contributed by atoms with Crippen molar-refractivity contribution in [2.45, 2.75) is 10.9 Å². The summed E-state index contributed by atoms with van der Waals surface area (Å²) in [7, 11) is 1.56. The summed E-state index contributed by atoms with van der Waals surface area (Å²) in [6.45, 7) is 0. The van der Waals surface area contributed by atoms with Gasteiger partial charge in [0.25, 0.3) is 0 Å². The van der Waals surface area contributed by atoms with E-state index in [2.05, 4.69) is 15.2 Å². The molecule has 0 aliphatic carbocycles. The summed E-state index contributed by atoms with van der Waals surface area (Å²) in [4.78, 5) is 4.15. The van der Waals surface area contributed by atoms with Gasteiger partial charge in [0.1, 0.15) is 12.1 Å². The normalized spacial score (nSPS) is 10.7. The van der Waals surface area contributed by atoms with Crippen LogP contribution in [0.2, 0.25) is 5.02 Å². The van der Waals surface area contributed by atoms with E-state index in [0.717, 1.165) is 5.69 Å². The van der Waals surface area contributed by atoms with E-state index in [1.165, 1.54) is 17.8 Å². The molecule has 2 aromatic heterocycles. The predicted octanol–water partition coefficient (Wildman–Crippen LogP) is 3.76. The van der Waals surface area contributed by atoms with E-state index < -0.39 is 0 Å². The SMILES string of the molecule is COc1ccc(-n2cnnc2SCc2c(F)cccc2Cl)cn1. The quantitative estimate of drug-likeness (QED) is 0.656. The molecule has 0 aliphatic rings. The van der Waals surface area contributed by atoms with E-state index in [1.54, 1.807) is 42.4 Å². The lowest BCUT2D eigenvalue weighted by molar-refractivity contribution is 0.397. The number of halogens is 2. The number of hydrogen-bond donors (Lipinski definition) is 0. The number of aromatic nitrogens is 4. The molecule has 1 aromatic carbocycles. The van der Waals surface area contributed by atoms with Crippen LogP contribution in [0.4, 0.5) is 4.39 Å². The van der Waals surface area contributed by atoms with Crippen molar-refractivity contribution in [2.24, 2.45) is 0 Å². The smallest absolute Gasteiger partial charge is 0.213 e. The molecule has 0 spiro atoms. The second-order valence-corrected chi connectivity index (χ2v) is 5.88. The highest BCUT2D eigenvalue weighted by molar-refractivity contribution is 7.98. The van der Waals surface area contributed by atoms with E-state index in [1.807, 2.05) is 6.07 Å². The third-order valence-corrected chi connectivity index (χ3v) is 4.46. The van der Waals surface area contributed by atoms with Gasteiger partial charge in [-0.2, -0.15) is 0 Å². The molecule has 0 bridgehead atoms. The van der Waals surface area contributed by atoms with E-state index in [-0.39, 0.29) is 5.82 Å². The van der Waals surface area contributed by atoms with Crippen LogP contribution >= 0.6 is 23.4 Å². The molecular weight excluding hydrogens is 339 g/mol. The lowest BCUT2D eigenvalue weighted by Crippen LogP contribution is -1.98. The Balaban J connectivity index is 1.81. The molecule has 0 aliphatic heterocycles. The van der Waals surface area contributed by atoms with Crippen molar-refractivity contribution in [2.75, 3.05) is 7.11 Å². The highest BCUT2D eigenvalue weighted by atomic mass is 35.5. The molecule has 0 unspecified atom stereocenters. The van der Waals surface area contributed by atoms with E-state index in [9.17, 15) is 4.39 Å². The average molecular weight is 351 g/mol. The molecule has 0 saturated heterocycles. The van der Waals surface area contributed by atoms with Crippen LogP contribution < -0.4 is 4.74 Å². The van der Waals surface area contributed by atoms with E-state index in [4.69, 9.17) is 16.3 Å². The Kier molecular flexibility index (Phi) is 4.78. The molecule has 0 radical (unpaired) electrons. The minimum absolute atomic E-state index is 0.331. The van der Waals surface area contributed by atoms with Crippen molar-refractivity contribution < 1.29 is 9.13 Å². The van der Waals surface area contributed by atoms with Gasteiger partial charge in [-0.25, -0.2) is 9.37 Å². The number of pyridine rings is 1. The second-order valence-electron chi connectivity index (χ2n) is 4.53. The van der Waals surface area contributed by atoms with Crippen LogP contribution in [0, 0.1) is 5.82 Å². The standard InChI is InChI=1S/C15H12ClFN4OS/c1-22-14-6-5-10(7-18-14)21-9-19-20-15(21)23-8-11-12(16)3-2-4-13(11)17/h2-7,9H,8H2,1H3. The number of nitrogens with zero attached hydrogens (tertiary/aromatic N) is 4. The van der Waals surface area contributed by atoms with E-state index in [0.29, 0.717) is 27.4 Å². The highest BCUT2D eigenvalue weighted by Gasteiger charge is 2.12. The van der Waals surface area contributed by atoms with E-state index >= 15 is 0 Å². The second kappa shape index (κ2) is 6.97. The van der Waals surface area contributed by atoms with Gasteiger partial charge in [0.15, 0.2) is 5.16 Å². The number of ether oxygens (including phenoxy) is 1. The van der Waals surface area contributed by atoms with Gasteiger partial charge in [0.05, 0.1) is 19.0 Å². The minimum Gasteiger partial charge on any atom is -0.481 e. The Labute approximate surface area is 141 Å². The third-order valence-electron chi connectivity index (χ3n) is 3.13. The molecule has 118 valence electrons. The fourth-order valence-corrected chi connectivity index (χ4v) is 3.22. The first kappa shape index (κ1) is 15.8. The monoisotopic (exact) mass is 350 g/mol. The molecule has 0 fully saturated rings. The summed E-state index contributed by atoms with van der Waals surface area (Å²) in [5.74, 6) is 0.546. The zero-order valence-corrected chi connectivity index (χ0v) is 13.7. The molecule has 3 rings (SSSR count). The molecule has 5 nitrogen and oxygen atoms in total. The summed E-state index contributed by atoms with van der Waals surface area (Å²) < 4.78 is 20.6. The molecule has 0 N–H and O–H groups in total. The first-order chi connectivity index (χ1) is 11.2. The average Bonchev–Trinajstić information content (AvgIpc) is 3.03. The number of rotatable bonds is 5. The molecule has 3 aromatic rings. The maximum atomic E-state index is 13.8. The summed E-state index contributed by atoms with van der Waals surface area (Å²) in [5.41, 5.74) is 1.24.